The summed E-state index contributed by atoms with van der Waals surface area (Å²) in [4.78, 5) is 0. The molecule has 1 unspecified atom stereocenters. The van der Waals surface area contributed by atoms with E-state index in [-0.39, 0.29) is 6.04 Å². The summed E-state index contributed by atoms with van der Waals surface area (Å²) in [7, 11) is 0. The van der Waals surface area contributed by atoms with Crippen LogP contribution in [0.4, 0.5) is 0 Å². The summed E-state index contributed by atoms with van der Waals surface area (Å²) in [5.41, 5.74) is 10.2. The molecule has 1 aromatic carbocycles. The number of halogens is 1. The average molecular weight is 268 g/mol. The van der Waals surface area contributed by atoms with Crippen LogP contribution in [0, 0.1) is 19.8 Å². The molecule has 1 fully saturated rings. The number of hydrogen-bond donors (Lipinski definition) is 1. The molecule has 2 rings (SSSR count). The fourth-order valence-electron chi connectivity index (χ4n) is 2.24. The van der Waals surface area contributed by atoms with E-state index in [1.807, 2.05) is 0 Å². The lowest BCUT2D eigenvalue weighted by Gasteiger charge is -2.32. The Balaban J connectivity index is 2.27. The van der Waals surface area contributed by atoms with Gasteiger partial charge in [0.25, 0.3) is 0 Å². The van der Waals surface area contributed by atoms with E-state index < -0.39 is 0 Å². The van der Waals surface area contributed by atoms with Gasteiger partial charge in [-0.2, -0.15) is 0 Å². The highest BCUT2D eigenvalue weighted by atomic mass is 79.9. The van der Waals surface area contributed by atoms with Gasteiger partial charge in [-0.1, -0.05) is 34.5 Å². The monoisotopic (exact) mass is 267 g/mol. The Labute approximate surface area is 100 Å². The van der Waals surface area contributed by atoms with Crippen molar-refractivity contribution in [2.75, 3.05) is 0 Å². The molecule has 0 heterocycles. The van der Waals surface area contributed by atoms with E-state index >= 15 is 0 Å². The van der Waals surface area contributed by atoms with Crippen LogP contribution in [0.25, 0.3) is 0 Å². The van der Waals surface area contributed by atoms with Crippen LogP contribution in [0.15, 0.2) is 16.6 Å². The molecule has 1 aromatic rings. The van der Waals surface area contributed by atoms with Gasteiger partial charge in [0.2, 0.25) is 0 Å². The van der Waals surface area contributed by atoms with Crippen LogP contribution in [0.5, 0.6) is 0 Å². The molecule has 0 bridgehead atoms. The van der Waals surface area contributed by atoms with Crippen molar-refractivity contribution in [1.82, 2.24) is 0 Å². The lowest BCUT2D eigenvalue weighted by molar-refractivity contribution is 0.264. The summed E-state index contributed by atoms with van der Waals surface area (Å²) in [5.74, 6) is 0.713. The lowest BCUT2D eigenvalue weighted by atomic mass is 9.77. The zero-order valence-electron chi connectivity index (χ0n) is 9.39. The molecule has 82 valence electrons. The van der Waals surface area contributed by atoms with Crippen LogP contribution >= 0.6 is 15.9 Å². The molecule has 0 amide bonds. The van der Waals surface area contributed by atoms with E-state index in [1.165, 1.54) is 40.4 Å². The van der Waals surface area contributed by atoms with Gasteiger partial charge in [0.1, 0.15) is 0 Å². The standard InChI is InChI=1S/C13H18BrN/c1-8-6-11(7-9(2)12(8)14)13(15)10-4-3-5-10/h6-7,10,13H,3-5,15H2,1-2H3. The maximum Gasteiger partial charge on any atom is 0.0323 e. The molecule has 1 atom stereocenters. The molecule has 0 aromatic heterocycles. The average Bonchev–Trinajstić information content (AvgIpc) is 2.10. The van der Waals surface area contributed by atoms with Crippen LogP contribution < -0.4 is 5.73 Å². The van der Waals surface area contributed by atoms with Gasteiger partial charge < -0.3 is 5.73 Å². The number of aryl methyl sites for hydroxylation is 2. The van der Waals surface area contributed by atoms with Gasteiger partial charge in [0, 0.05) is 10.5 Å². The van der Waals surface area contributed by atoms with Crippen molar-refractivity contribution in [2.45, 2.75) is 39.2 Å². The van der Waals surface area contributed by atoms with Crippen molar-refractivity contribution in [3.05, 3.63) is 33.3 Å². The second-order valence-electron chi connectivity index (χ2n) is 4.69. The molecular weight excluding hydrogens is 250 g/mol. The van der Waals surface area contributed by atoms with Gasteiger partial charge in [-0.15, -0.1) is 0 Å². The van der Waals surface area contributed by atoms with Crippen molar-refractivity contribution < 1.29 is 0 Å². The lowest BCUT2D eigenvalue weighted by Crippen LogP contribution is -2.26. The van der Waals surface area contributed by atoms with E-state index in [1.54, 1.807) is 0 Å². The second-order valence-corrected chi connectivity index (χ2v) is 5.48. The fraction of sp³-hybridized carbons (Fsp3) is 0.538. The molecule has 0 saturated heterocycles. The van der Waals surface area contributed by atoms with Crippen molar-refractivity contribution in [3.63, 3.8) is 0 Å². The summed E-state index contributed by atoms with van der Waals surface area (Å²) in [6, 6.07) is 4.68. The topological polar surface area (TPSA) is 26.0 Å². The highest BCUT2D eigenvalue weighted by Crippen LogP contribution is 2.37. The molecule has 0 aliphatic heterocycles. The first-order valence-corrected chi connectivity index (χ1v) is 6.41. The van der Waals surface area contributed by atoms with Crippen LogP contribution in [0.1, 0.15) is 42.0 Å². The third-order valence-corrected chi connectivity index (χ3v) is 4.75. The van der Waals surface area contributed by atoms with Gasteiger partial charge >= 0.3 is 0 Å². The molecule has 15 heavy (non-hydrogen) atoms. The molecule has 1 aliphatic rings. The Kier molecular flexibility index (Phi) is 3.17. The van der Waals surface area contributed by atoms with E-state index in [4.69, 9.17) is 5.73 Å². The molecule has 0 spiro atoms. The highest BCUT2D eigenvalue weighted by Gasteiger charge is 2.25. The molecular formula is C13H18BrN. The van der Waals surface area contributed by atoms with E-state index in [2.05, 4.69) is 41.9 Å². The predicted octanol–water partition coefficient (Wildman–Crippen LogP) is 3.87. The first-order chi connectivity index (χ1) is 7.09. The summed E-state index contributed by atoms with van der Waals surface area (Å²) in [5, 5.41) is 0. The van der Waals surface area contributed by atoms with Crippen LogP contribution in [0.3, 0.4) is 0 Å². The minimum atomic E-state index is 0.240. The number of benzene rings is 1. The quantitative estimate of drug-likeness (QED) is 0.865. The van der Waals surface area contributed by atoms with E-state index in [0.717, 1.165) is 0 Å². The van der Waals surface area contributed by atoms with E-state index in [0.29, 0.717) is 5.92 Å². The Morgan fingerprint density at radius 2 is 1.80 bits per heavy atom. The van der Waals surface area contributed by atoms with Crippen LogP contribution in [-0.2, 0) is 0 Å². The molecule has 1 saturated carbocycles. The number of rotatable bonds is 2. The Morgan fingerprint density at radius 1 is 1.27 bits per heavy atom. The summed E-state index contributed by atoms with van der Waals surface area (Å²) >= 11 is 3.59. The van der Waals surface area contributed by atoms with Gasteiger partial charge in [-0.25, -0.2) is 0 Å². The minimum Gasteiger partial charge on any atom is -0.324 e. The van der Waals surface area contributed by atoms with Gasteiger partial charge in [0.15, 0.2) is 0 Å². The first kappa shape index (κ1) is 11.2. The first-order valence-electron chi connectivity index (χ1n) is 5.62. The number of hydrogen-bond acceptors (Lipinski definition) is 1. The maximum absolute atomic E-state index is 6.27. The minimum absolute atomic E-state index is 0.240. The molecule has 2 heteroatoms. The van der Waals surface area contributed by atoms with Gasteiger partial charge in [0.05, 0.1) is 0 Å². The van der Waals surface area contributed by atoms with Crippen molar-refractivity contribution >= 4 is 15.9 Å². The largest absolute Gasteiger partial charge is 0.324 e. The molecule has 2 N–H and O–H groups in total. The maximum atomic E-state index is 6.27. The third kappa shape index (κ3) is 2.11. The zero-order chi connectivity index (χ0) is 11.0. The zero-order valence-corrected chi connectivity index (χ0v) is 11.0. The van der Waals surface area contributed by atoms with Crippen LogP contribution in [-0.4, -0.2) is 0 Å². The van der Waals surface area contributed by atoms with Crippen molar-refractivity contribution in [1.29, 1.82) is 0 Å². The van der Waals surface area contributed by atoms with Gasteiger partial charge in [-0.3, -0.25) is 0 Å². The van der Waals surface area contributed by atoms with Crippen molar-refractivity contribution in [2.24, 2.45) is 11.7 Å². The van der Waals surface area contributed by atoms with Gasteiger partial charge in [-0.05, 0) is 49.3 Å². The number of nitrogens with two attached hydrogens (primary N) is 1. The summed E-state index contributed by atoms with van der Waals surface area (Å²) in [6.45, 7) is 4.27. The predicted molar refractivity (Wildman–Crippen MR) is 67.9 cm³/mol. The smallest absolute Gasteiger partial charge is 0.0323 e. The molecule has 0 radical (unpaired) electrons. The Bertz CT molecular complexity index is 346. The summed E-state index contributed by atoms with van der Waals surface area (Å²) in [6.07, 6.45) is 3.96. The molecule has 1 nitrogen and oxygen atoms in total. The SMILES string of the molecule is Cc1cc(C(N)C2CCC2)cc(C)c1Br. The van der Waals surface area contributed by atoms with E-state index in [9.17, 15) is 0 Å². The Hall–Kier alpha value is -0.340. The fourth-order valence-corrected chi connectivity index (χ4v) is 2.47. The normalized spacial score (nSPS) is 18.7. The second kappa shape index (κ2) is 4.26. The Morgan fingerprint density at radius 3 is 2.20 bits per heavy atom. The van der Waals surface area contributed by atoms with Crippen LogP contribution in [0.2, 0.25) is 0 Å². The van der Waals surface area contributed by atoms with Crippen molar-refractivity contribution in [3.8, 4) is 0 Å². The third-order valence-electron chi connectivity index (χ3n) is 3.50. The summed E-state index contributed by atoms with van der Waals surface area (Å²) < 4.78 is 1.21. The molecule has 1 aliphatic carbocycles. The highest BCUT2D eigenvalue weighted by molar-refractivity contribution is 9.10.